The molecule has 2 aromatic rings. The average Bonchev–Trinajstić information content (AvgIpc) is 2.48. The molecule has 110 valence electrons. The summed E-state index contributed by atoms with van der Waals surface area (Å²) in [5, 5.41) is 3.35. The monoisotopic (exact) mass is 307 g/mol. The molecule has 2 rings (SSSR count). The smallest absolute Gasteiger partial charge is 0.224 e. The summed E-state index contributed by atoms with van der Waals surface area (Å²) in [6, 6.07) is 12.7. The van der Waals surface area contributed by atoms with Gasteiger partial charge in [-0.1, -0.05) is 11.6 Å². The van der Waals surface area contributed by atoms with Crippen LogP contribution in [0.15, 0.2) is 48.5 Å². The van der Waals surface area contributed by atoms with Gasteiger partial charge in [-0.15, -0.1) is 0 Å². The summed E-state index contributed by atoms with van der Waals surface area (Å²) < 4.78 is 18.2. The van der Waals surface area contributed by atoms with E-state index in [0.29, 0.717) is 30.2 Å². The minimum atomic E-state index is -0.329. The second-order valence-electron chi connectivity index (χ2n) is 4.46. The van der Waals surface area contributed by atoms with Crippen LogP contribution in [0.2, 0.25) is 5.02 Å². The van der Waals surface area contributed by atoms with Gasteiger partial charge in [-0.25, -0.2) is 4.39 Å². The summed E-state index contributed by atoms with van der Waals surface area (Å²) in [5.41, 5.74) is 0.583. The van der Waals surface area contributed by atoms with Gasteiger partial charge in [0.15, 0.2) is 0 Å². The molecule has 1 N–H and O–H groups in total. The first-order chi connectivity index (χ1) is 10.1. The Morgan fingerprint density at radius 2 is 1.76 bits per heavy atom. The highest BCUT2D eigenvalue weighted by molar-refractivity contribution is 6.30. The number of hydrogen-bond acceptors (Lipinski definition) is 2. The Morgan fingerprint density at radius 3 is 2.43 bits per heavy atom. The van der Waals surface area contributed by atoms with E-state index in [-0.39, 0.29) is 11.7 Å². The minimum Gasteiger partial charge on any atom is -0.494 e. The fourth-order valence-corrected chi connectivity index (χ4v) is 1.84. The molecule has 1 amide bonds. The molecule has 21 heavy (non-hydrogen) atoms. The molecule has 0 spiro atoms. The molecule has 2 aromatic carbocycles. The van der Waals surface area contributed by atoms with Crippen LogP contribution in [0.5, 0.6) is 5.75 Å². The molecule has 0 saturated carbocycles. The summed E-state index contributed by atoms with van der Waals surface area (Å²) in [5.74, 6) is 0.268. The number of benzene rings is 2. The van der Waals surface area contributed by atoms with Crippen LogP contribution in [-0.2, 0) is 4.79 Å². The second kappa shape index (κ2) is 7.64. The summed E-state index contributed by atoms with van der Waals surface area (Å²) >= 11 is 5.77. The van der Waals surface area contributed by atoms with Crippen molar-refractivity contribution < 1.29 is 13.9 Å². The number of ether oxygens (including phenoxy) is 1. The molecule has 0 aliphatic carbocycles. The zero-order valence-corrected chi connectivity index (χ0v) is 12.1. The van der Waals surface area contributed by atoms with Crippen LogP contribution < -0.4 is 10.1 Å². The molecule has 0 atom stereocenters. The fourth-order valence-electron chi connectivity index (χ4n) is 1.71. The largest absolute Gasteiger partial charge is 0.494 e. The van der Waals surface area contributed by atoms with E-state index in [4.69, 9.17) is 16.3 Å². The maximum atomic E-state index is 12.7. The number of anilines is 1. The standard InChI is InChI=1S/C16H15ClFNO2/c17-12-3-9-15(10-4-12)21-11-1-2-16(20)19-14-7-5-13(18)6-8-14/h3-10H,1-2,11H2,(H,19,20). The van der Waals surface area contributed by atoms with Crippen LogP contribution in [0, 0.1) is 5.82 Å². The minimum absolute atomic E-state index is 0.124. The van der Waals surface area contributed by atoms with Crippen LogP contribution in [-0.4, -0.2) is 12.5 Å². The van der Waals surface area contributed by atoms with Crippen molar-refractivity contribution in [3.63, 3.8) is 0 Å². The van der Waals surface area contributed by atoms with Gasteiger partial charge in [-0.3, -0.25) is 4.79 Å². The molecule has 0 saturated heterocycles. The Morgan fingerprint density at radius 1 is 1.10 bits per heavy atom. The average molecular weight is 308 g/mol. The third-order valence-electron chi connectivity index (χ3n) is 2.76. The molecule has 0 aliphatic rings. The highest BCUT2D eigenvalue weighted by atomic mass is 35.5. The first-order valence-corrected chi connectivity index (χ1v) is 6.95. The molecule has 0 aromatic heterocycles. The predicted octanol–water partition coefficient (Wildman–Crippen LogP) is 4.28. The van der Waals surface area contributed by atoms with E-state index >= 15 is 0 Å². The first kappa shape index (κ1) is 15.3. The van der Waals surface area contributed by atoms with E-state index in [1.807, 2.05) is 0 Å². The van der Waals surface area contributed by atoms with Crippen molar-refractivity contribution in [1.82, 2.24) is 0 Å². The van der Waals surface area contributed by atoms with Crippen LogP contribution in [0.1, 0.15) is 12.8 Å². The number of halogens is 2. The number of carbonyl (C=O) groups excluding carboxylic acids is 1. The van der Waals surface area contributed by atoms with Crippen molar-refractivity contribution in [2.75, 3.05) is 11.9 Å². The molecular formula is C16H15ClFNO2. The highest BCUT2D eigenvalue weighted by Crippen LogP contribution is 2.16. The summed E-state index contributed by atoms with van der Waals surface area (Å²) in [6.45, 7) is 0.443. The lowest BCUT2D eigenvalue weighted by atomic mass is 10.2. The van der Waals surface area contributed by atoms with Crippen LogP contribution in [0.3, 0.4) is 0 Å². The van der Waals surface area contributed by atoms with Gasteiger partial charge >= 0.3 is 0 Å². The van der Waals surface area contributed by atoms with Crippen molar-refractivity contribution in [1.29, 1.82) is 0 Å². The Bertz CT molecular complexity index is 584. The molecule has 5 heteroatoms. The molecule has 0 bridgehead atoms. The number of amides is 1. The fraction of sp³-hybridized carbons (Fsp3) is 0.188. The lowest BCUT2D eigenvalue weighted by Gasteiger charge is -2.07. The summed E-state index contributed by atoms with van der Waals surface area (Å²) in [7, 11) is 0. The van der Waals surface area contributed by atoms with Gasteiger partial charge in [0, 0.05) is 17.1 Å². The van der Waals surface area contributed by atoms with Gasteiger partial charge in [0.2, 0.25) is 5.91 Å². The number of nitrogens with one attached hydrogen (secondary N) is 1. The lowest BCUT2D eigenvalue weighted by molar-refractivity contribution is -0.116. The van der Waals surface area contributed by atoms with E-state index in [1.54, 1.807) is 24.3 Å². The normalized spacial score (nSPS) is 10.2. The van der Waals surface area contributed by atoms with Crippen molar-refractivity contribution in [2.45, 2.75) is 12.8 Å². The molecule has 3 nitrogen and oxygen atoms in total. The zero-order valence-electron chi connectivity index (χ0n) is 11.3. The highest BCUT2D eigenvalue weighted by Gasteiger charge is 2.03. The molecule has 0 radical (unpaired) electrons. The summed E-state index contributed by atoms with van der Waals surface area (Å²) in [4.78, 5) is 11.7. The van der Waals surface area contributed by atoms with Crippen molar-refractivity contribution in [3.8, 4) is 5.75 Å². The third-order valence-corrected chi connectivity index (χ3v) is 3.01. The first-order valence-electron chi connectivity index (χ1n) is 6.57. The van der Waals surface area contributed by atoms with E-state index < -0.39 is 0 Å². The quantitative estimate of drug-likeness (QED) is 0.809. The maximum Gasteiger partial charge on any atom is 0.224 e. The predicted molar refractivity (Wildman–Crippen MR) is 81.2 cm³/mol. The van der Waals surface area contributed by atoms with Crippen molar-refractivity contribution in [2.24, 2.45) is 0 Å². The van der Waals surface area contributed by atoms with Crippen LogP contribution in [0.4, 0.5) is 10.1 Å². The Kier molecular flexibility index (Phi) is 5.58. The third kappa shape index (κ3) is 5.44. The van der Waals surface area contributed by atoms with Gasteiger partial charge in [0.05, 0.1) is 6.61 Å². The number of carbonyl (C=O) groups is 1. The van der Waals surface area contributed by atoms with Gasteiger partial charge in [-0.2, -0.15) is 0 Å². The Balaban J connectivity index is 1.67. The zero-order chi connectivity index (χ0) is 15.1. The van der Waals surface area contributed by atoms with E-state index in [1.165, 1.54) is 24.3 Å². The van der Waals surface area contributed by atoms with Crippen molar-refractivity contribution >= 4 is 23.2 Å². The Labute approximate surface area is 127 Å². The van der Waals surface area contributed by atoms with Gasteiger partial charge < -0.3 is 10.1 Å². The van der Waals surface area contributed by atoms with Crippen molar-refractivity contribution in [3.05, 3.63) is 59.4 Å². The maximum absolute atomic E-state index is 12.7. The van der Waals surface area contributed by atoms with Gasteiger partial charge in [0.1, 0.15) is 11.6 Å². The molecular weight excluding hydrogens is 293 g/mol. The molecule has 0 aliphatic heterocycles. The lowest BCUT2D eigenvalue weighted by Crippen LogP contribution is -2.12. The topological polar surface area (TPSA) is 38.3 Å². The molecule has 0 unspecified atom stereocenters. The van der Waals surface area contributed by atoms with E-state index in [0.717, 1.165) is 5.75 Å². The Hall–Kier alpha value is -2.07. The van der Waals surface area contributed by atoms with Crippen LogP contribution in [0.25, 0.3) is 0 Å². The van der Waals surface area contributed by atoms with E-state index in [2.05, 4.69) is 5.32 Å². The van der Waals surface area contributed by atoms with Crippen LogP contribution >= 0.6 is 11.6 Å². The second-order valence-corrected chi connectivity index (χ2v) is 4.90. The number of rotatable bonds is 6. The molecule has 0 fully saturated rings. The SMILES string of the molecule is O=C(CCCOc1ccc(Cl)cc1)Nc1ccc(F)cc1. The van der Waals surface area contributed by atoms with E-state index in [9.17, 15) is 9.18 Å². The van der Waals surface area contributed by atoms with Gasteiger partial charge in [-0.05, 0) is 55.0 Å². The number of hydrogen-bond donors (Lipinski definition) is 1. The molecule has 0 heterocycles. The van der Waals surface area contributed by atoms with Gasteiger partial charge in [0.25, 0.3) is 0 Å². The summed E-state index contributed by atoms with van der Waals surface area (Å²) in [6.07, 6.45) is 0.931.